The van der Waals surface area contributed by atoms with Gasteiger partial charge in [0.1, 0.15) is 6.61 Å². The van der Waals surface area contributed by atoms with Gasteiger partial charge in [-0.1, -0.05) is 55.1 Å². The average Bonchev–Trinajstić information content (AvgIpc) is 2.67. The van der Waals surface area contributed by atoms with E-state index in [1.165, 1.54) is 37.7 Å². The Labute approximate surface area is 167 Å². The molecule has 1 aliphatic carbocycles. The van der Waals surface area contributed by atoms with Crippen molar-refractivity contribution >= 4 is 24.0 Å². The maximum Gasteiger partial charge on any atom is 0.161 e. The molecule has 26 heavy (non-hydrogen) atoms. The fraction of sp³-hybridized carbons (Fsp3) is 0.429. The Hall–Kier alpha value is -1.42. The van der Waals surface area contributed by atoms with Crippen LogP contribution in [0.1, 0.15) is 43.2 Å². The van der Waals surface area contributed by atoms with Crippen LogP contribution in [0, 0.1) is 0 Å². The second-order valence-corrected chi connectivity index (χ2v) is 6.99. The van der Waals surface area contributed by atoms with Crippen LogP contribution in [0.25, 0.3) is 0 Å². The quantitative estimate of drug-likeness (QED) is 0.644. The highest BCUT2D eigenvalue weighted by Gasteiger charge is 2.13. The van der Waals surface area contributed by atoms with Gasteiger partial charge >= 0.3 is 0 Å². The van der Waals surface area contributed by atoms with Gasteiger partial charge in [0, 0.05) is 23.2 Å². The monoisotopic (exact) mass is 395 g/mol. The van der Waals surface area contributed by atoms with Crippen LogP contribution in [0.5, 0.6) is 11.5 Å². The third-order valence-electron chi connectivity index (χ3n) is 4.77. The highest BCUT2D eigenvalue weighted by Crippen LogP contribution is 2.30. The SMILES string of the molecule is COc1cc(CNC2CCCCC2)ccc1OCc1ccccc1Cl.Cl. The van der Waals surface area contributed by atoms with E-state index in [-0.39, 0.29) is 12.4 Å². The van der Waals surface area contributed by atoms with Gasteiger partial charge in [0.05, 0.1) is 7.11 Å². The molecule has 2 aromatic carbocycles. The maximum atomic E-state index is 6.18. The summed E-state index contributed by atoms with van der Waals surface area (Å²) in [5.41, 5.74) is 2.18. The molecule has 1 fully saturated rings. The first kappa shape index (κ1) is 20.9. The average molecular weight is 396 g/mol. The smallest absolute Gasteiger partial charge is 0.161 e. The minimum atomic E-state index is 0. The molecule has 0 saturated heterocycles. The highest BCUT2D eigenvalue weighted by atomic mass is 35.5. The van der Waals surface area contributed by atoms with Crippen molar-refractivity contribution in [3.63, 3.8) is 0 Å². The number of nitrogens with one attached hydrogen (secondary N) is 1. The van der Waals surface area contributed by atoms with E-state index in [4.69, 9.17) is 21.1 Å². The molecule has 0 atom stereocenters. The number of benzene rings is 2. The zero-order valence-electron chi connectivity index (χ0n) is 15.2. The summed E-state index contributed by atoms with van der Waals surface area (Å²) in [6, 6.07) is 14.5. The van der Waals surface area contributed by atoms with Crippen LogP contribution in [-0.4, -0.2) is 13.2 Å². The van der Waals surface area contributed by atoms with E-state index >= 15 is 0 Å². The van der Waals surface area contributed by atoms with Gasteiger partial charge in [-0.05, 0) is 36.6 Å². The van der Waals surface area contributed by atoms with Gasteiger partial charge in [0.15, 0.2) is 11.5 Å². The minimum absolute atomic E-state index is 0. The molecule has 0 radical (unpaired) electrons. The van der Waals surface area contributed by atoms with E-state index in [0.717, 1.165) is 28.6 Å². The summed E-state index contributed by atoms with van der Waals surface area (Å²) in [5.74, 6) is 1.50. The van der Waals surface area contributed by atoms with Crippen molar-refractivity contribution in [2.45, 2.75) is 51.3 Å². The number of ether oxygens (including phenoxy) is 2. The van der Waals surface area contributed by atoms with E-state index in [9.17, 15) is 0 Å². The van der Waals surface area contributed by atoms with Gasteiger partial charge in [-0.2, -0.15) is 0 Å². The third kappa shape index (κ3) is 5.80. The summed E-state index contributed by atoms with van der Waals surface area (Å²) >= 11 is 6.18. The molecule has 0 bridgehead atoms. The van der Waals surface area contributed by atoms with Crippen LogP contribution < -0.4 is 14.8 Å². The fourth-order valence-electron chi connectivity index (χ4n) is 3.28. The number of halogens is 2. The van der Waals surface area contributed by atoms with Crippen LogP contribution >= 0.6 is 24.0 Å². The highest BCUT2D eigenvalue weighted by molar-refractivity contribution is 6.31. The molecule has 0 unspecified atom stereocenters. The van der Waals surface area contributed by atoms with Gasteiger partial charge in [-0.3, -0.25) is 0 Å². The molecular formula is C21H27Cl2NO2. The second-order valence-electron chi connectivity index (χ2n) is 6.58. The van der Waals surface area contributed by atoms with Crippen molar-refractivity contribution < 1.29 is 9.47 Å². The van der Waals surface area contributed by atoms with Crippen molar-refractivity contribution in [3.8, 4) is 11.5 Å². The van der Waals surface area contributed by atoms with Gasteiger partial charge in [0.25, 0.3) is 0 Å². The second kappa shape index (κ2) is 10.7. The third-order valence-corrected chi connectivity index (χ3v) is 5.14. The lowest BCUT2D eigenvalue weighted by atomic mass is 9.95. The lowest BCUT2D eigenvalue weighted by Gasteiger charge is -2.23. The van der Waals surface area contributed by atoms with Crippen LogP contribution in [0.4, 0.5) is 0 Å². The topological polar surface area (TPSA) is 30.5 Å². The molecular weight excluding hydrogens is 369 g/mol. The molecule has 3 nitrogen and oxygen atoms in total. The van der Waals surface area contributed by atoms with Crippen LogP contribution in [0.15, 0.2) is 42.5 Å². The van der Waals surface area contributed by atoms with Crippen molar-refractivity contribution in [3.05, 3.63) is 58.6 Å². The largest absolute Gasteiger partial charge is 0.493 e. The Morgan fingerprint density at radius 2 is 1.81 bits per heavy atom. The zero-order chi connectivity index (χ0) is 17.5. The fourth-order valence-corrected chi connectivity index (χ4v) is 3.47. The summed E-state index contributed by atoms with van der Waals surface area (Å²) in [4.78, 5) is 0. The van der Waals surface area contributed by atoms with Gasteiger partial charge in [0.2, 0.25) is 0 Å². The first-order valence-electron chi connectivity index (χ1n) is 9.03. The maximum absolute atomic E-state index is 6.18. The van der Waals surface area contributed by atoms with Crippen molar-refractivity contribution in [1.82, 2.24) is 5.32 Å². The van der Waals surface area contributed by atoms with E-state index < -0.39 is 0 Å². The van der Waals surface area contributed by atoms with E-state index in [2.05, 4.69) is 17.4 Å². The van der Waals surface area contributed by atoms with Crippen LogP contribution in [0.3, 0.4) is 0 Å². The minimum Gasteiger partial charge on any atom is -0.493 e. The standard InChI is InChI=1S/C21H26ClNO2.ClH/c1-24-21-13-16(14-23-18-8-3-2-4-9-18)11-12-20(21)25-15-17-7-5-6-10-19(17)22;/h5-7,10-13,18,23H,2-4,8-9,14-15H2,1H3;1H. The molecule has 142 valence electrons. The Bertz CT molecular complexity index is 687. The van der Waals surface area contributed by atoms with Crippen LogP contribution in [-0.2, 0) is 13.2 Å². The van der Waals surface area contributed by atoms with Crippen molar-refractivity contribution in [2.75, 3.05) is 7.11 Å². The van der Waals surface area contributed by atoms with Crippen molar-refractivity contribution in [1.29, 1.82) is 0 Å². The normalized spacial score (nSPS) is 14.5. The summed E-state index contributed by atoms with van der Waals surface area (Å²) in [6.45, 7) is 1.29. The number of hydrogen-bond donors (Lipinski definition) is 1. The lowest BCUT2D eigenvalue weighted by molar-refractivity contribution is 0.284. The van der Waals surface area contributed by atoms with Gasteiger partial charge < -0.3 is 14.8 Å². The molecule has 0 aromatic heterocycles. The predicted molar refractivity (Wildman–Crippen MR) is 110 cm³/mol. The number of rotatable bonds is 7. The Morgan fingerprint density at radius 1 is 1.04 bits per heavy atom. The number of methoxy groups -OCH3 is 1. The van der Waals surface area contributed by atoms with E-state index in [1.54, 1.807) is 7.11 Å². The Morgan fingerprint density at radius 3 is 2.54 bits per heavy atom. The zero-order valence-corrected chi connectivity index (χ0v) is 16.7. The predicted octanol–water partition coefficient (Wildman–Crippen LogP) is 5.77. The summed E-state index contributed by atoms with van der Waals surface area (Å²) < 4.78 is 11.4. The number of hydrogen-bond acceptors (Lipinski definition) is 3. The summed E-state index contributed by atoms with van der Waals surface area (Å²) in [5, 5.41) is 4.38. The molecule has 3 rings (SSSR count). The molecule has 0 amide bonds. The lowest BCUT2D eigenvalue weighted by Crippen LogP contribution is -2.30. The van der Waals surface area contributed by atoms with Gasteiger partial charge in [-0.15, -0.1) is 12.4 Å². The Balaban J connectivity index is 0.00000243. The van der Waals surface area contributed by atoms with E-state index in [1.807, 2.05) is 30.3 Å². The molecule has 1 saturated carbocycles. The molecule has 1 aliphatic rings. The first-order valence-corrected chi connectivity index (χ1v) is 9.40. The van der Waals surface area contributed by atoms with Crippen LogP contribution in [0.2, 0.25) is 5.02 Å². The van der Waals surface area contributed by atoms with Crippen molar-refractivity contribution in [2.24, 2.45) is 0 Å². The van der Waals surface area contributed by atoms with E-state index in [0.29, 0.717) is 12.6 Å². The van der Waals surface area contributed by atoms with Gasteiger partial charge in [-0.25, -0.2) is 0 Å². The summed E-state index contributed by atoms with van der Waals surface area (Å²) in [7, 11) is 1.68. The molecule has 1 N–H and O–H groups in total. The first-order chi connectivity index (χ1) is 12.3. The molecule has 0 aliphatic heterocycles. The Kier molecular flexibility index (Phi) is 8.56. The molecule has 0 spiro atoms. The molecule has 0 heterocycles. The molecule has 2 aromatic rings. The summed E-state index contributed by atoms with van der Waals surface area (Å²) in [6.07, 6.45) is 6.64. The molecule has 5 heteroatoms.